The largest absolute Gasteiger partial charge is 0.486 e. The highest BCUT2D eigenvalue weighted by atomic mass is 19.1. The fourth-order valence-corrected chi connectivity index (χ4v) is 2.32. The summed E-state index contributed by atoms with van der Waals surface area (Å²) >= 11 is 0. The first kappa shape index (κ1) is 20.8. The minimum absolute atomic E-state index is 0.0164. The van der Waals surface area contributed by atoms with Crippen LogP contribution in [0, 0.1) is 18.2 Å². The summed E-state index contributed by atoms with van der Waals surface area (Å²) in [5.74, 6) is 2.48. The molecule has 3 N–H and O–H groups in total. The number of hydrogen-bond acceptors (Lipinski definition) is 3. The third kappa shape index (κ3) is 6.65. The highest BCUT2D eigenvalue weighted by Gasteiger charge is 2.10. The van der Waals surface area contributed by atoms with Crippen LogP contribution in [0.5, 0.6) is 5.75 Å². The zero-order valence-corrected chi connectivity index (χ0v) is 15.8. The van der Waals surface area contributed by atoms with Gasteiger partial charge in [0.1, 0.15) is 6.10 Å². The van der Waals surface area contributed by atoms with E-state index in [0.717, 1.165) is 0 Å². The van der Waals surface area contributed by atoms with Gasteiger partial charge in [-0.1, -0.05) is 24.1 Å². The van der Waals surface area contributed by atoms with Crippen molar-refractivity contribution >= 4 is 17.6 Å². The number of guanidine groups is 1. The third-order valence-corrected chi connectivity index (χ3v) is 3.67. The van der Waals surface area contributed by atoms with E-state index in [4.69, 9.17) is 11.2 Å². The van der Waals surface area contributed by atoms with Crippen molar-refractivity contribution in [3.05, 3.63) is 59.9 Å². The minimum Gasteiger partial charge on any atom is -0.486 e. The van der Waals surface area contributed by atoms with Crippen LogP contribution in [0.15, 0.2) is 53.5 Å². The van der Waals surface area contributed by atoms with Crippen molar-refractivity contribution in [2.45, 2.75) is 13.0 Å². The molecule has 0 aliphatic carbocycles. The fraction of sp³-hybridized carbons (Fsp3) is 0.238. The van der Waals surface area contributed by atoms with Crippen molar-refractivity contribution in [3.63, 3.8) is 0 Å². The summed E-state index contributed by atoms with van der Waals surface area (Å²) < 4.78 is 19.2. The van der Waals surface area contributed by atoms with Crippen LogP contribution in [-0.4, -0.2) is 38.1 Å². The zero-order valence-electron chi connectivity index (χ0n) is 15.8. The van der Waals surface area contributed by atoms with Gasteiger partial charge in [0.15, 0.2) is 17.5 Å². The summed E-state index contributed by atoms with van der Waals surface area (Å²) in [6.07, 6.45) is 5.04. The maximum atomic E-state index is 13.6. The summed E-state index contributed by atoms with van der Waals surface area (Å²) in [4.78, 5) is 16.1. The summed E-state index contributed by atoms with van der Waals surface area (Å²) in [6.45, 7) is 2.19. The number of nitrogens with zero attached hydrogens (tertiary/aromatic N) is 1. The molecule has 1 atom stereocenters. The van der Waals surface area contributed by atoms with Gasteiger partial charge in [0.05, 0.1) is 13.1 Å². The van der Waals surface area contributed by atoms with Crippen LogP contribution in [0.1, 0.15) is 12.5 Å². The van der Waals surface area contributed by atoms with E-state index in [1.165, 1.54) is 6.07 Å². The smallest absolute Gasteiger partial charge is 0.243 e. The van der Waals surface area contributed by atoms with Crippen LogP contribution < -0.4 is 20.7 Å². The lowest BCUT2D eigenvalue weighted by Gasteiger charge is -2.18. The minimum atomic E-state index is -0.414. The lowest BCUT2D eigenvalue weighted by molar-refractivity contribution is -0.115. The van der Waals surface area contributed by atoms with Crippen LogP contribution in [0.2, 0.25) is 0 Å². The second-order valence-electron chi connectivity index (χ2n) is 5.94. The van der Waals surface area contributed by atoms with Gasteiger partial charge in [0.2, 0.25) is 5.91 Å². The van der Waals surface area contributed by atoms with Crippen LogP contribution in [0.25, 0.3) is 0 Å². The number of terminal acetylenes is 1. The summed E-state index contributed by atoms with van der Waals surface area (Å²) in [5.41, 5.74) is 1.31. The predicted octanol–water partition coefficient (Wildman–Crippen LogP) is 2.38. The SMILES string of the molecule is C#Cc1cccc(NC(=O)CNC(=NC)NCC(C)Oc2ccccc2F)c1. The Hall–Kier alpha value is -3.53. The normalized spacial score (nSPS) is 11.9. The van der Waals surface area contributed by atoms with Gasteiger partial charge in [-0.05, 0) is 37.3 Å². The number of carbonyl (C=O) groups is 1. The Morgan fingerprint density at radius 2 is 2.04 bits per heavy atom. The van der Waals surface area contributed by atoms with E-state index in [1.54, 1.807) is 56.4 Å². The number of rotatable bonds is 7. The summed E-state index contributed by atoms with van der Waals surface area (Å²) in [6, 6.07) is 13.2. The lowest BCUT2D eigenvalue weighted by atomic mass is 10.2. The van der Waals surface area contributed by atoms with E-state index in [1.807, 2.05) is 0 Å². The molecule has 0 aliphatic heterocycles. The molecule has 0 spiro atoms. The number of halogens is 1. The molecule has 0 bridgehead atoms. The lowest BCUT2D eigenvalue weighted by Crippen LogP contribution is -2.44. The highest BCUT2D eigenvalue weighted by Crippen LogP contribution is 2.16. The Bertz CT molecular complexity index is 877. The molecule has 1 unspecified atom stereocenters. The van der Waals surface area contributed by atoms with E-state index >= 15 is 0 Å². The Morgan fingerprint density at radius 1 is 1.25 bits per heavy atom. The standard InChI is InChI=1S/C21H23FN4O2/c1-4-16-8-7-9-17(12-16)26-20(27)14-25-21(23-3)24-13-15(2)28-19-11-6-5-10-18(19)22/h1,5-12,15H,13-14H2,2-3H3,(H,26,27)(H2,23,24,25). The molecule has 2 rings (SSSR count). The Kier molecular flexibility index (Phi) is 7.85. The Morgan fingerprint density at radius 3 is 2.75 bits per heavy atom. The second-order valence-corrected chi connectivity index (χ2v) is 5.94. The number of carbonyl (C=O) groups excluding carboxylic acids is 1. The Labute approximate surface area is 164 Å². The first-order valence-electron chi connectivity index (χ1n) is 8.74. The van der Waals surface area contributed by atoms with Gasteiger partial charge in [-0.25, -0.2) is 4.39 Å². The maximum absolute atomic E-state index is 13.6. The van der Waals surface area contributed by atoms with Gasteiger partial charge in [0.25, 0.3) is 0 Å². The topological polar surface area (TPSA) is 74.8 Å². The second kappa shape index (κ2) is 10.6. The van der Waals surface area contributed by atoms with Gasteiger partial charge in [-0.2, -0.15) is 0 Å². The number of para-hydroxylation sites is 1. The van der Waals surface area contributed by atoms with Crippen LogP contribution in [0.4, 0.5) is 10.1 Å². The molecule has 2 aromatic rings. The van der Waals surface area contributed by atoms with Crippen LogP contribution >= 0.6 is 0 Å². The third-order valence-electron chi connectivity index (χ3n) is 3.67. The summed E-state index contributed by atoms with van der Waals surface area (Å²) in [7, 11) is 1.59. The highest BCUT2D eigenvalue weighted by molar-refractivity contribution is 5.95. The average molecular weight is 382 g/mol. The fourth-order valence-electron chi connectivity index (χ4n) is 2.32. The van der Waals surface area contributed by atoms with E-state index in [2.05, 4.69) is 26.9 Å². The van der Waals surface area contributed by atoms with E-state index < -0.39 is 5.82 Å². The van der Waals surface area contributed by atoms with Crippen molar-refractivity contribution in [2.75, 3.05) is 25.5 Å². The molecule has 1 amide bonds. The number of benzene rings is 2. The molecule has 146 valence electrons. The predicted molar refractivity (Wildman–Crippen MR) is 109 cm³/mol. The molecule has 0 radical (unpaired) electrons. The number of nitrogens with one attached hydrogen (secondary N) is 3. The zero-order chi connectivity index (χ0) is 20.4. The molecule has 28 heavy (non-hydrogen) atoms. The molecular formula is C21H23FN4O2. The first-order chi connectivity index (χ1) is 13.5. The monoisotopic (exact) mass is 382 g/mol. The van der Waals surface area contributed by atoms with Crippen LogP contribution in [0.3, 0.4) is 0 Å². The van der Waals surface area contributed by atoms with Gasteiger partial charge < -0.3 is 20.7 Å². The molecule has 0 saturated heterocycles. The molecule has 0 saturated carbocycles. The van der Waals surface area contributed by atoms with E-state index in [-0.39, 0.29) is 24.3 Å². The van der Waals surface area contributed by atoms with Gasteiger partial charge >= 0.3 is 0 Å². The molecule has 2 aromatic carbocycles. The maximum Gasteiger partial charge on any atom is 0.243 e. The average Bonchev–Trinajstić information content (AvgIpc) is 2.70. The molecule has 0 fully saturated rings. The van der Waals surface area contributed by atoms with Crippen molar-refractivity contribution < 1.29 is 13.9 Å². The van der Waals surface area contributed by atoms with Gasteiger partial charge in [-0.15, -0.1) is 6.42 Å². The molecular weight excluding hydrogens is 359 g/mol. The number of anilines is 1. The summed E-state index contributed by atoms with van der Waals surface area (Å²) in [5, 5.41) is 8.69. The Balaban J connectivity index is 1.77. The number of hydrogen-bond donors (Lipinski definition) is 3. The molecule has 0 heterocycles. The van der Waals surface area contributed by atoms with E-state index in [0.29, 0.717) is 23.8 Å². The van der Waals surface area contributed by atoms with Crippen LogP contribution in [-0.2, 0) is 4.79 Å². The molecule has 6 nitrogen and oxygen atoms in total. The molecule has 0 aliphatic rings. The van der Waals surface area contributed by atoms with Crippen molar-refractivity contribution in [3.8, 4) is 18.1 Å². The quantitative estimate of drug-likeness (QED) is 0.391. The number of aliphatic imine (C=N–C) groups is 1. The number of ether oxygens (including phenoxy) is 1. The van der Waals surface area contributed by atoms with E-state index in [9.17, 15) is 9.18 Å². The van der Waals surface area contributed by atoms with Crippen molar-refractivity contribution in [2.24, 2.45) is 4.99 Å². The van der Waals surface area contributed by atoms with Gasteiger partial charge in [0, 0.05) is 18.3 Å². The number of amides is 1. The van der Waals surface area contributed by atoms with Crippen molar-refractivity contribution in [1.82, 2.24) is 10.6 Å². The first-order valence-corrected chi connectivity index (χ1v) is 8.74. The van der Waals surface area contributed by atoms with Crippen molar-refractivity contribution in [1.29, 1.82) is 0 Å². The van der Waals surface area contributed by atoms with Gasteiger partial charge in [-0.3, -0.25) is 9.79 Å². The molecule has 7 heteroatoms. The molecule has 0 aromatic heterocycles.